The van der Waals surface area contributed by atoms with E-state index >= 15 is 0 Å². The van der Waals surface area contributed by atoms with Crippen molar-refractivity contribution < 1.29 is 14.3 Å². The van der Waals surface area contributed by atoms with Gasteiger partial charge in [0.05, 0.1) is 12.5 Å². The summed E-state index contributed by atoms with van der Waals surface area (Å²) in [6, 6.07) is 6.94. The van der Waals surface area contributed by atoms with Crippen molar-refractivity contribution in [1.82, 2.24) is 5.32 Å². The van der Waals surface area contributed by atoms with Gasteiger partial charge in [0.15, 0.2) is 6.61 Å². The molecule has 0 aromatic heterocycles. The Kier molecular flexibility index (Phi) is 6.86. The molecule has 0 spiro atoms. The van der Waals surface area contributed by atoms with Gasteiger partial charge < -0.3 is 10.1 Å². The second kappa shape index (κ2) is 8.19. The molecular weight excluding hydrogens is 339 g/mol. The average Bonchev–Trinajstić information content (AvgIpc) is 2.48. The molecular formula is C16H18Cl2N2O3. The van der Waals surface area contributed by atoms with Crippen molar-refractivity contribution in [2.45, 2.75) is 32.7 Å². The van der Waals surface area contributed by atoms with Gasteiger partial charge in [0.1, 0.15) is 5.54 Å². The molecule has 0 fully saturated rings. The number of amides is 1. The molecule has 23 heavy (non-hydrogen) atoms. The van der Waals surface area contributed by atoms with Crippen LogP contribution in [-0.4, -0.2) is 24.0 Å². The van der Waals surface area contributed by atoms with Crippen molar-refractivity contribution in [3.8, 4) is 6.07 Å². The molecule has 5 nitrogen and oxygen atoms in total. The highest BCUT2D eigenvalue weighted by molar-refractivity contribution is 6.36. The van der Waals surface area contributed by atoms with Gasteiger partial charge in [-0.15, -0.1) is 0 Å². The predicted molar refractivity (Wildman–Crippen MR) is 88.1 cm³/mol. The van der Waals surface area contributed by atoms with E-state index < -0.39 is 24.0 Å². The maximum atomic E-state index is 11.8. The molecule has 1 rings (SSSR count). The first-order valence-electron chi connectivity index (χ1n) is 7.00. The van der Waals surface area contributed by atoms with Gasteiger partial charge in [0.2, 0.25) is 0 Å². The lowest BCUT2D eigenvalue weighted by molar-refractivity contribution is -0.148. The molecule has 0 unspecified atom stereocenters. The second-order valence-corrected chi connectivity index (χ2v) is 6.37. The molecule has 7 heteroatoms. The van der Waals surface area contributed by atoms with Crippen molar-refractivity contribution in [1.29, 1.82) is 5.26 Å². The third kappa shape index (κ3) is 5.42. The number of nitrogens with zero attached hydrogens (tertiary/aromatic N) is 1. The number of carbonyl (C=O) groups is 2. The van der Waals surface area contributed by atoms with Crippen molar-refractivity contribution in [2.75, 3.05) is 6.61 Å². The normalized spacial score (nSPS) is 13.1. The van der Waals surface area contributed by atoms with E-state index in [1.165, 1.54) is 0 Å². The van der Waals surface area contributed by atoms with Crippen LogP contribution in [0.5, 0.6) is 0 Å². The Labute approximate surface area is 145 Å². The van der Waals surface area contributed by atoms with Crippen LogP contribution in [0.3, 0.4) is 0 Å². The number of benzene rings is 1. The minimum absolute atomic E-state index is 0.0888. The lowest BCUT2D eigenvalue weighted by Crippen LogP contribution is -2.50. The Morgan fingerprint density at radius 3 is 2.39 bits per heavy atom. The van der Waals surface area contributed by atoms with E-state index in [2.05, 4.69) is 5.32 Å². The highest BCUT2D eigenvalue weighted by Crippen LogP contribution is 2.24. The number of halogens is 2. The minimum atomic E-state index is -1.02. The third-order valence-electron chi connectivity index (χ3n) is 3.53. The fraction of sp³-hybridized carbons (Fsp3) is 0.438. The molecule has 1 N–H and O–H groups in total. The van der Waals surface area contributed by atoms with Crippen molar-refractivity contribution in [2.24, 2.45) is 5.92 Å². The van der Waals surface area contributed by atoms with Crippen LogP contribution in [0.15, 0.2) is 18.2 Å². The van der Waals surface area contributed by atoms with E-state index in [0.717, 1.165) is 0 Å². The number of nitriles is 1. The molecule has 0 heterocycles. The van der Waals surface area contributed by atoms with Crippen molar-refractivity contribution >= 4 is 35.1 Å². The molecule has 1 amide bonds. The predicted octanol–water partition coefficient (Wildman–Crippen LogP) is 3.13. The van der Waals surface area contributed by atoms with Crippen LogP contribution < -0.4 is 5.32 Å². The summed E-state index contributed by atoms with van der Waals surface area (Å²) in [7, 11) is 0. The van der Waals surface area contributed by atoms with Gasteiger partial charge in [-0.2, -0.15) is 5.26 Å². The van der Waals surface area contributed by atoms with Gasteiger partial charge in [-0.05, 0) is 25.0 Å². The van der Waals surface area contributed by atoms with E-state index in [4.69, 9.17) is 33.2 Å². The highest BCUT2D eigenvalue weighted by atomic mass is 35.5. The van der Waals surface area contributed by atoms with E-state index in [0.29, 0.717) is 15.6 Å². The third-order valence-corrected chi connectivity index (χ3v) is 4.24. The number of hydrogen-bond donors (Lipinski definition) is 1. The van der Waals surface area contributed by atoms with Gasteiger partial charge >= 0.3 is 5.97 Å². The molecule has 1 atom stereocenters. The summed E-state index contributed by atoms with van der Waals surface area (Å²) in [5.41, 5.74) is -0.569. The first-order chi connectivity index (χ1) is 10.7. The molecule has 0 bridgehead atoms. The topological polar surface area (TPSA) is 79.2 Å². The maximum Gasteiger partial charge on any atom is 0.310 e. The second-order valence-electron chi connectivity index (χ2n) is 5.55. The summed E-state index contributed by atoms with van der Waals surface area (Å²) in [5.74, 6) is -1.26. The zero-order valence-corrected chi connectivity index (χ0v) is 14.7. The van der Waals surface area contributed by atoms with E-state index in [-0.39, 0.29) is 12.3 Å². The van der Waals surface area contributed by atoms with Gasteiger partial charge in [-0.3, -0.25) is 9.59 Å². The number of nitrogens with one attached hydrogen (secondary N) is 1. The van der Waals surface area contributed by atoms with Crippen LogP contribution in [0, 0.1) is 17.2 Å². The zero-order chi connectivity index (χ0) is 17.6. The monoisotopic (exact) mass is 356 g/mol. The number of ether oxygens (including phenoxy) is 1. The fourth-order valence-corrected chi connectivity index (χ4v) is 2.20. The summed E-state index contributed by atoms with van der Waals surface area (Å²) >= 11 is 11.9. The first-order valence-corrected chi connectivity index (χ1v) is 7.76. The summed E-state index contributed by atoms with van der Waals surface area (Å²) in [4.78, 5) is 23.6. The Balaban J connectivity index is 2.57. The van der Waals surface area contributed by atoms with Crippen molar-refractivity contribution in [3.63, 3.8) is 0 Å². The van der Waals surface area contributed by atoms with Crippen LogP contribution in [0.1, 0.15) is 26.3 Å². The molecule has 0 aliphatic rings. The quantitative estimate of drug-likeness (QED) is 0.794. The fourth-order valence-electron chi connectivity index (χ4n) is 1.67. The number of esters is 1. The largest absolute Gasteiger partial charge is 0.455 e. The van der Waals surface area contributed by atoms with Crippen LogP contribution >= 0.6 is 23.2 Å². The lowest BCUT2D eigenvalue weighted by Gasteiger charge is -2.27. The molecule has 1 aromatic rings. The van der Waals surface area contributed by atoms with Crippen molar-refractivity contribution in [3.05, 3.63) is 33.8 Å². The van der Waals surface area contributed by atoms with Gasteiger partial charge in [-0.1, -0.05) is 43.1 Å². The van der Waals surface area contributed by atoms with Gasteiger partial charge in [0.25, 0.3) is 5.91 Å². The van der Waals surface area contributed by atoms with Crippen LogP contribution in [-0.2, 0) is 20.7 Å². The minimum Gasteiger partial charge on any atom is -0.455 e. The standard InChI is InChI=1S/C16H18Cl2N2O3/c1-10(2)16(3,9-19)20-14(21)8-23-15(22)7-11-12(17)5-4-6-13(11)18/h4-6,10H,7-8H2,1-3H3,(H,20,21)/t16-/m0/s1. The first kappa shape index (κ1) is 19.3. The molecule has 0 saturated heterocycles. The molecule has 0 radical (unpaired) electrons. The summed E-state index contributed by atoms with van der Waals surface area (Å²) in [5, 5.41) is 12.4. The zero-order valence-electron chi connectivity index (χ0n) is 13.2. The number of carbonyl (C=O) groups excluding carboxylic acids is 2. The van der Waals surface area contributed by atoms with E-state index in [9.17, 15) is 9.59 Å². The smallest absolute Gasteiger partial charge is 0.310 e. The van der Waals surface area contributed by atoms with Crippen LogP contribution in [0.4, 0.5) is 0 Å². The number of hydrogen-bond acceptors (Lipinski definition) is 4. The lowest BCUT2D eigenvalue weighted by atomic mass is 9.90. The Morgan fingerprint density at radius 2 is 1.91 bits per heavy atom. The maximum absolute atomic E-state index is 11.8. The summed E-state index contributed by atoms with van der Waals surface area (Å²) in [6.45, 7) is 4.77. The number of rotatable bonds is 6. The Bertz CT molecular complexity index is 620. The van der Waals surface area contributed by atoms with Gasteiger partial charge in [0, 0.05) is 15.6 Å². The SMILES string of the molecule is CC(C)[C@](C)(C#N)NC(=O)COC(=O)Cc1c(Cl)cccc1Cl. The molecule has 124 valence electrons. The van der Waals surface area contributed by atoms with Gasteiger partial charge in [-0.25, -0.2) is 0 Å². The summed E-state index contributed by atoms with van der Waals surface area (Å²) < 4.78 is 4.91. The van der Waals surface area contributed by atoms with Crippen LogP contribution in [0.25, 0.3) is 0 Å². The molecule has 0 aliphatic carbocycles. The Hall–Kier alpha value is -1.77. The van der Waals surface area contributed by atoms with E-state index in [1.54, 1.807) is 25.1 Å². The van der Waals surface area contributed by atoms with E-state index in [1.807, 2.05) is 19.9 Å². The highest BCUT2D eigenvalue weighted by Gasteiger charge is 2.30. The molecule has 0 aliphatic heterocycles. The molecule has 1 aromatic carbocycles. The summed E-state index contributed by atoms with van der Waals surface area (Å²) in [6.07, 6.45) is -0.133. The molecule has 0 saturated carbocycles. The average molecular weight is 357 g/mol. The van der Waals surface area contributed by atoms with Crippen LogP contribution in [0.2, 0.25) is 10.0 Å². The Morgan fingerprint density at radius 1 is 1.35 bits per heavy atom.